The molecule has 7 nitrogen and oxygen atoms in total. The Morgan fingerprint density at radius 3 is 2.43 bits per heavy atom. The zero-order chi connectivity index (χ0) is 15.4. The molecule has 0 aliphatic carbocycles. The second-order valence-electron chi connectivity index (χ2n) is 3.83. The van der Waals surface area contributed by atoms with Crippen molar-refractivity contribution in [2.45, 2.75) is 0 Å². The second-order valence-corrected chi connectivity index (χ2v) is 4.19. The summed E-state index contributed by atoms with van der Waals surface area (Å²) in [4.78, 5) is 25.3. The molecule has 0 unspecified atom stereocenters. The Kier molecular flexibility index (Phi) is 4.34. The summed E-state index contributed by atoms with van der Waals surface area (Å²) in [6.07, 6.45) is 0. The molecular weight excluding hydrogens is 300 g/mol. The summed E-state index contributed by atoms with van der Waals surface area (Å²) < 4.78 is 9.93. The minimum Gasteiger partial charge on any atom is -0.465 e. The van der Waals surface area contributed by atoms with E-state index in [0.717, 1.165) is 0 Å². The van der Waals surface area contributed by atoms with Crippen LogP contribution in [0.4, 0.5) is 5.69 Å². The third-order valence-corrected chi connectivity index (χ3v) is 2.79. The van der Waals surface area contributed by atoms with E-state index in [1.807, 2.05) is 0 Å². The first-order chi connectivity index (χ1) is 10.0. The average Bonchev–Trinajstić information content (AvgIpc) is 2.47. The highest BCUT2D eigenvalue weighted by Gasteiger charge is 2.13. The lowest BCUT2D eigenvalue weighted by molar-refractivity contribution is -0.384. The fourth-order valence-electron chi connectivity index (χ4n) is 1.49. The van der Waals surface area contributed by atoms with Crippen LogP contribution >= 0.6 is 11.6 Å². The maximum Gasteiger partial charge on any atom is 0.341 e. The SMILES string of the molecule is COC(=O)c1ccc(Oc2ccc([N+](=O)[O-])cc2)nc1Cl. The van der Waals surface area contributed by atoms with Crippen LogP contribution < -0.4 is 4.74 Å². The molecule has 0 fully saturated rings. The van der Waals surface area contributed by atoms with Gasteiger partial charge in [-0.2, -0.15) is 0 Å². The van der Waals surface area contributed by atoms with Crippen molar-refractivity contribution in [1.29, 1.82) is 0 Å². The molecule has 1 heterocycles. The number of benzene rings is 1. The Labute approximate surface area is 124 Å². The van der Waals surface area contributed by atoms with E-state index >= 15 is 0 Å². The molecule has 8 heteroatoms. The Bertz CT molecular complexity index is 687. The van der Waals surface area contributed by atoms with E-state index in [-0.39, 0.29) is 22.3 Å². The van der Waals surface area contributed by atoms with Gasteiger partial charge in [-0.1, -0.05) is 11.6 Å². The number of nitro benzene ring substituents is 1. The number of aromatic nitrogens is 1. The zero-order valence-electron chi connectivity index (χ0n) is 10.8. The molecule has 1 aromatic carbocycles. The first kappa shape index (κ1) is 14.7. The van der Waals surface area contributed by atoms with E-state index in [0.29, 0.717) is 5.75 Å². The predicted molar refractivity (Wildman–Crippen MR) is 73.8 cm³/mol. The number of rotatable bonds is 4. The van der Waals surface area contributed by atoms with Crippen molar-refractivity contribution in [3.8, 4) is 11.6 Å². The molecule has 0 spiro atoms. The summed E-state index contributed by atoms with van der Waals surface area (Å²) in [6, 6.07) is 8.34. The van der Waals surface area contributed by atoms with Gasteiger partial charge in [0.2, 0.25) is 5.88 Å². The van der Waals surface area contributed by atoms with Crippen molar-refractivity contribution < 1.29 is 19.2 Å². The van der Waals surface area contributed by atoms with Crippen LogP contribution in [0.5, 0.6) is 11.6 Å². The van der Waals surface area contributed by atoms with Crippen LogP contribution in [0, 0.1) is 10.1 Å². The Morgan fingerprint density at radius 2 is 1.90 bits per heavy atom. The molecule has 0 bridgehead atoms. The number of hydrogen-bond donors (Lipinski definition) is 0. The number of halogens is 1. The lowest BCUT2D eigenvalue weighted by atomic mass is 10.3. The van der Waals surface area contributed by atoms with Crippen molar-refractivity contribution in [3.63, 3.8) is 0 Å². The monoisotopic (exact) mass is 308 g/mol. The van der Waals surface area contributed by atoms with Gasteiger partial charge in [-0.15, -0.1) is 0 Å². The molecule has 108 valence electrons. The van der Waals surface area contributed by atoms with Gasteiger partial charge in [0.15, 0.2) is 0 Å². The highest BCUT2D eigenvalue weighted by atomic mass is 35.5. The van der Waals surface area contributed by atoms with Gasteiger partial charge < -0.3 is 9.47 Å². The average molecular weight is 309 g/mol. The largest absolute Gasteiger partial charge is 0.465 e. The summed E-state index contributed by atoms with van der Waals surface area (Å²) >= 11 is 5.85. The number of carbonyl (C=O) groups is 1. The van der Waals surface area contributed by atoms with E-state index in [4.69, 9.17) is 16.3 Å². The maximum atomic E-state index is 11.4. The van der Waals surface area contributed by atoms with Gasteiger partial charge in [0.05, 0.1) is 17.6 Å². The topological polar surface area (TPSA) is 91.6 Å². The quantitative estimate of drug-likeness (QED) is 0.373. The standard InChI is InChI=1S/C13H9ClN2O5/c1-20-13(17)10-6-7-11(15-12(10)14)21-9-4-2-8(3-5-9)16(18)19/h2-7H,1H3. The second kappa shape index (κ2) is 6.19. The van der Waals surface area contributed by atoms with Crippen LogP contribution in [0.2, 0.25) is 5.15 Å². The zero-order valence-corrected chi connectivity index (χ0v) is 11.5. The van der Waals surface area contributed by atoms with Gasteiger partial charge in [-0.3, -0.25) is 10.1 Å². The maximum absolute atomic E-state index is 11.4. The highest BCUT2D eigenvalue weighted by Crippen LogP contribution is 2.25. The fourth-order valence-corrected chi connectivity index (χ4v) is 1.72. The molecule has 2 rings (SSSR count). The highest BCUT2D eigenvalue weighted by molar-refractivity contribution is 6.32. The van der Waals surface area contributed by atoms with Crippen LogP contribution in [0.1, 0.15) is 10.4 Å². The van der Waals surface area contributed by atoms with Crippen molar-refractivity contribution in [3.05, 3.63) is 57.2 Å². The molecule has 1 aromatic heterocycles. The number of esters is 1. The summed E-state index contributed by atoms with van der Waals surface area (Å²) in [5.74, 6) is -0.0918. The first-order valence-corrected chi connectivity index (χ1v) is 6.06. The third-order valence-electron chi connectivity index (χ3n) is 2.50. The number of pyridine rings is 1. The molecule has 0 atom stereocenters. The van der Waals surface area contributed by atoms with Gasteiger partial charge in [0.1, 0.15) is 10.9 Å². The van der Waals surface area contributed by atoms with Crippen LogP contribution in [0.15, 0.2) is 36.4 Å². The Morgan fingerprint density at radius 1 is 1.24 bits per heavy atom. The van der Waals surface area contributed by atoms with Gasteiger partial charge >= 0.3 is 5.97 Å². The summed E-state index contributed by atoms with van der Waals surface area (Å²) in [6.45, 7) is 0. The first-order valence-electron chi connectivity index (χ1n) is 5.68. The summed E-state index contributed by atoms with van der Waals surface area (Å²) in [5, 5.41) is 10.5. The molecule has 0 saturated carbocycles. The fraction of sp³-hybridized carbons (Fsp3) is 0.0769. The van der Waals surface area contributed by atoms with Crippen LogP contribution in [-0.4, -0.2) is 23.0 Å². The molecule has 0 saturated heterocycles. The lowest BCUT2D eigenvalue weighted by Gasteiger charge is -2.06. The summed E-state index contributed by atoms with van der Waals surface area (Å²) in [7, 11) is 1.24. The number of carbonyl (C=O) groups excluding carboxylic acids is 1. The molecule has 0 amide bonds. The lowest BCUT2D eigenvalue weighted by Crippen LogP contribution is -2.03. The minimum atomic E-state index is -0.602. The Hall–Kier alpha value is -2.67. The van der Waals surface area contributed by atoms with E-state index in [9.17, 15) is 14.9 Å². The number of non-ortho nitro benzene ring substituents is 1. The number of nitro groups is 1. The van der Waals surface area contributed by atoms with E-state index in [1.54, 1.807) is 0 Å². The van der Waals surface area contributed by atoms with E-state index in [2.05, 4.69) is 9.72 Å². The van der Waals surface area contributed by atoms with Gasteiger partial charge in [-0.05, 0) is 18.2 Å². The van der Waals surface area contributed by atoms with E-state index in [1.165, 1.54) is 43.5 Å². The summed E-state index contributed by atoms with van der Waals surface area (Å²) in [5.41, 5.74) is 0.0737. The van der Waals surface area contributed by atoms with Crippen molar-refractivity contribution >= 4 is 23.3 Å². The number of ether oxygens (including phenoxy) is 2. The van der Waals surface area contributed by atoms with Crippen molar-refractivity contribution in [2.75, 3.05) is 7.11 Å². The van der Waals surface area contributed by atoms with Crippen LogP contribution in [0.3, 0.4) is 0 Å². The van der Waals surface area contributed by atoms with Gasteiger partial charge in [-0.25, -0.2) is 9.78 Å². The molecule has 0 N–H and O–H groups in total. The Balaban J connectivity index is 2.18. The normalized spacial score (nSPS) is 10.0. The van der Waals surface area contributed by atoms with Gasteiger partial charge in [0, 0.05) is 18.2 Å². The molecule has 2 aromatic rings. The molecule has 0 aliphatic rings. The molecule has 0 aliphatic heterocycles. The van der Waals surface area contributed by atoms with Crippen molar-refractivity contribution in [1.82, 2.24) is 4.98 Å². The smallest absolute Gasteiger partial charge is 0.341 e. The third kappa shape index (κ3) is 3.46. The number of methoxy groups -OCH3 is 1. The molecule has 0 radical (unpaired) electrons. The van der Waals surface area contributed by atoms with Crippen molar-refractivity contribution in [2.24, 2.45) is 0 Å². The van der Waals surface area contributed by atoms with E-state index < -0.39 is 10.9 Å². The number of hydrogen-bond acceptors (Lipinski definition) is 6. The van der Waals surface area contributed by atoms with Gasteiger partial charge in [0.25, 0.3) is 5.69 Å². The number of nitrogens with zero attached hydrogens (tertiary/aromatic N) is 2. The van der Waals surface area contributed by atoms with Crippen LogP contribution in [-0.2, 0) is 4.74 Å². The van der Waals surface area contributed by atoms with Crippen LogP contribution in [0.25, 0.3) is 0 Å². The molecular formula is C13H9ClN2O5. The predicted octanol–water partition coefficient (Wildman–Crippen LogP) is 3.22. The molecule has 21 heavy (non-hydrogen) atoms. The minimum absolute atomic E-state index is 0.0469.